The minimum Gasteiger partial charge on any atom is -0.325 e. The number of hydrogen-bond donors (Lipinski definition) is 1. The average Bonchev–Trinajstić information content (AvgIpc) is 2.45. The normalized spacial score (nSPS) is 12.0. The van der Waals surface area contributed by atoms with Crippen molar-refractivity contribution >= 4 is 35.0 Å². The van der Waals surface area contributed by atoms with E-state index >= 15 is 0 Å². The molecule has 0 saturated heterocycles. The Morgan fingerprint density at radius 3 is 2.48 bits per heavy atom. The largest absolute Gasteiger partial charge is 0.325 e. The van der Waals surface area contributed by atoms with Crippen molar-refractivity contribution in [2.45, 2.75) is 30.9 Å². The summed E-state index contributed by atoms with van der Waals surface area (Å²) >= 11 is 7.51. The predicted octanol–water partition coefficient (Wildman–Crippen LogP) is 5.08. The minimum absolute atomic E-state index is 0.0223. The van der Waals surface area contributed by atoms with Gasteiger partial charge >= 0.3 is 0 Å². The Hall–Kier alpha value is -1.45. The fraction of sp³-hybridized carbons (Fsp3) is 0.235. The SMILES string of the molecule is Cc1ccc(S[C@H](C)C(=O)Nc2cc(Cl)ccc2C)cc1. The molecule has 0 radical (unpaired) electrons. The van der Waals surface area contributed by atoms with Crippen LogP contribution < -0.4 is 5.32 Å². The lowest BCUT2D eigenvalue weighted by Gasteiger charge is -2.14. The maximum absolute atomic E-state index is 12.3. The number of benzene rings is 2. The average molecular weight is 320 g/mol. The van der Waals surface area contributed by atoms with Gasteiger partial charge in [-0.15, -0.1) is 11.8 Å². The van der Waals surface area contributed by atoms with Crippen LogP contribution in [0.15, 0.2) is 47.4 Å². The van der Waals surface area contributed by atoms with Crippen LogP contribution in [0.3, 0.4) is 0 Å². The maximum Gasteiger partial charge on any atom is 0.237 e. The van der Waals surface area contributed by atoms with Crippen molar-refractivity contribution in [3.63, 3.8) is 0 Å². The van der Waals surface area contributed by atoms with Gasteiger partial charge in [-0.3, -0.25) is 4.79 Å². The molecule has 110 valence electrons. The summed E-state index contributed by atoms with van der Waals surface area (Å²) in [7, 11) is 0. The second-order valence-electron chi connectivity index (χ2n) is 5.02. The summed E-state index contributed by atoms with van der Waals surface area (Å²) in [5, 5.41) is 3.38. The van der Waals surface area contributed by atoms with Gasteiger partial charge < -0.3 is 5.32 Å². The van der Waals surface area contributed by atoms with Crippen LogP contribution >= 0.6 is 23.4 Å². The van der Waals surface area contributed by atoms with Crippen LogP contribution in [-0.4, -0.2) is 11.2 Å². The number of hydrogen-bond acceptors (Lipinski definition) is 2. The summed E-state index contributed by atoms with van der Waals surface area (Å²) in [6.07, 6.45) is 0. The fourth-order valence-electron chi connectivity index (χ4n) is 1.84. The summed E-state index contributed by atoms with van der Waals surface area (Å²) < 4.78 is 0. The van der Waals surface area contributed by atoms with Gasteiger partial charge in [-0.05, 0) is 50.6 Å². The first-order valence-corrected chi connectivity index (χ1v) is 8.02. The second kappa shape index (κ2) is 7.01. The van der Waals surface area contributed by atoms with Gasteiger partial charge in [-0.25, -0.2) is 0 Å². The number of thioether (sulfide) groups is 1. The molecule has 2 aromatic carbocycles. The molecule has 4 heteroatoms. The van der Waals surface area contributed by atoms with E-state index in [1.807, 2.05) is 57.2 Å². The molecule has 0 bridgehead atoms. The van der Waals surface area contributed by atoms with Gasteiger partial charge in [0.2, 0.25) is 5.91 Å². The van der Waals surface area contributed by atoms with Crippen molar-refractivity contribution in [1.29, 1.82) is 0 Å². The van der Waals surface area contributed by atoms with Gasteiger partial charge in [0.05, 0.1) is 5.25 Å². The van der Waals surface area contributed by atoms with E-state index in [1.54, 1.807) is 17.8 Å². The van der Waals surface area contributed by atoms with Crippen molar-refractivity contribution in [3.05, 3.63) is 58.6 Å². The molecule has 0 aliphatic heterocycles. The lowest BCUT2D eigenvalue weighted by Crippen LogP contribution is -2.22. The van der Waals surface area contributed by atoms with Gasteiger partial charge in [0.15, 0.2) is 0 Å². The molecule has 0 aliphatic carbocycles. The van der Waals surface area contributed by atoms with Crippen molar-refractivity contribution < 1.29 is 4.79 Å². The van der Waals surface area contributed by atoms with Crippen LogP contribution in [0, 0.1) is 13.8 Å². The zero-order valence-electron chi connectivity index (χ0n) is 12.3. The van der Waals surface area contributed by atoms with Gasteiger partial charge in [-0.1, -0.05) is 35.4 Å². The van der Waals surface area contributed by atoms with Crippen LogP contribution in [0.1, 0.15) is 18.1 Å². The van der Waals surface area contributed by atoms with Gasteiger partial charge in [0.25, 0.3) is 0 Å². The van der Waals surface area contributed by atoms with E-state index in [4.69, 9.17) is 11.6 Å². The highest BCUT2D eigenvalue weighted by atomic mass is 35.5. The number of rotatable bonds is 4. The number of carbonyl (C=O) groups is 1. The first-order chi connectivity index (χ1) is 9.95. The number of carbonyl (C=O) groups excluding carboxylic acids is 1. The minimum atomic E-state index is -0.175. The third-order valence-corrected chi connectivity index (χ3v) is 4.51. The molecule has 1 N–H and O–H groups in total. The maximum atomic E-state index is 12.3. The van der Waals surface area contributed by atoms with Crippen LogP contribution in [0.25, 0.3) is 0 Å². The summed E-state index contributed by atoms with van der Waals surface area (Å²) in [6.45, 7) is 5.90. The molecule has 0 fully saturated rings. The van der Waals surface area contributed by atoms with Crippen molar-refractivity contribution in [2.75, 3.05) is 5.32 Å². The molecule has 0 aromatic heterocycles. The summed E-state index contributed by atoms with van der Waals surface area (Å²) in [6, 6.07) is 13.7. The molecule has 21 heavy (non-hydrogen) atoms. The van der Waals surface area contributed by atoms with Gasteiger partial charge in [0.1, 0.15) is 0 Å². The molecule has 0 spiro atoms. The molecule has 2 aromatic rings. The quantitative estimate of drug-likeness (QED) is 0.796. The Morgan fingerprint density at radius 2 is 1.81 bits per heavy atom. The smallest absolute Gasteiger partial charge is 0.237 e. The van der Waals surface area contributed by atoms with Gasteiger partial charge in [-0.2, -0.15) is 0 Å². The zero-order chi connectivity index (χ0) is 15.4. The molecule has 0 heterocycles. The lowest BCUT2D eigenvalue weighted by molar-refractivity contribution is -0.115. The second-order valence-corrected chi connectivity index (χ2v) is 6.87. The molecule has 1 atom stereocenters. The molecular formula is C17H18ClNOS. The topological polar surface area (TPSA) is 29.1 Å². The van der Waals surface area contributed by atoms with Crippen molar-refractivity contribution in [3.8, 4) is 0 Å². The lowest BCUT2D eigenvalue weighted by atomic mass is 10.2. The number of halogens is 1. The van der Waals surface area contributed by atoms with Crippen molar-refractivity contribution in [1.82, 2.24) is 0 Å². The summed E-state index contributed by atoms with van der Waals surface area (Å²) in [5.74, 6) is -0.0223. The number of nitrogens with one attached hydrogen (secondary N) is 1. The van der Waals surface area contributed by atoms with E-state index in [-0.39, 0.29) is 11.2 Å². The molecule has 0 saturated carbocycles. The van der Waals surface area contributed by atoms with E-state index in [9.17, 15) is 4.79 Å². The van der Waals surface area contributed by atoms with E-state index in [2.05, 4.69) is 5.32 Å². The van der Waals surface area contributed by atoms with E-state index < -0.39 is 0 Å². The fourth-order valence-corrected chi connectivity index (χ4v) is 2.88. The Kier molecular flexibility index (Phi) is 5.32. The zero-order valence-corrected chi connectivity index (χ0v) is 13.9. The molecule has 2 nitrogen and oxygen atoms in total. The van der Waals surface area contributed by atoms with Crippen LogP contribution in [0.2, 0.25) is 5.02 Å². The first kappa shape index (κ1) is 15.9. The standard InChI is InChI=1S/C17H18ClNOS/c1-11-4-8-15(9-5-11)21-13(3)17(20)19-16-10-14(18)7-6-12(16)2/h4-10,13H,1-3H3,(H,19,20)/t13-/m1/s1. The van der Waals surface area contributed by atoms with E-state index in [0.29, 0.717) is 5.02 Å². The van der Waals surface area contributed by atoms with E-state index in [1.165, 1.54) is 5.56 Å². The summed E-state index contributed by atoms with van der Waals surface area (Å²) in [4.78, 5) is 13.4. The highest BCUT2D eigenvalue weighted by molar-refractivity contribution is 8.00. The number of amides is 1. The van der Waals surface area contributed by atoms with Crippen LogP contribution in [0.4, 0.5) is 5.69 Å². The number of anilines is 1. The predicted molar refractivity (Wildman–Crippen MR) is 91.3 cm³/mol. The molecule has 1 amide bonds. The number of aryl methyl sites for hydroxylation is 2. The Bertz CT molecular complexity index is 640. The third kappa shape index (κ3) is 4.51. The van der Waals surface area contributed by atoms with Gasteiger partial charge in [0, 0.05) is 15.6 Å². The Morgan fingerprint density at radius 1 is 1.14 bits per heavy atom. The third-order valence-electron chi connectivity index (χ3n) is 3.16. The Labute approximate surface area is 134 Å². The van der Waals surface area contributed by atoms with Crippen LogP contribution in [-0.2, 0) is 4.79 Å². The molecular weight excluding hydrogens is 302 g/mol. The van der Waals surface area contributed by atoms with Crippen molar-refractivity contribution in [2.24, 2.45) is 0 Å². The summed E-state index contributed by atoms with van der Waals surface area (Å²) in [5.41, 5.74) is 2.98. The highest BCUT2D eigenvalue weighted by Gasteiger charge is 2.15. The monoisotopic (exact) mass is 319 g/mol. The molecule has 2 rings (SSSR count). The molecule has 0 aliphatic rings. The molecule has 0 unspecified atom stereocenters. The van der Waals surface area contributed by atoms with Crippen LogP contribution in [0.5, 0.6) is 0 Å². The first-order valence-electron chi connectivity index (χ1n) is 6.76. The van der Waals surface area contributed by atoms with E-state index in [0.717, 1.165) is 16.1 Å². The highest BCUT2D eigenvalue weighted by Crippen LogP contribution is 2.26. The Balaban J connectivity index is 2.02.